The second-order valence-corrected chi connectivity index (χ2v) is 9.33. The Morgan fingerprint density at radius 1 is 0.971 bits per heavy atom. The summed E-state index contributed by atoms with van der Waals surface area (Å²) in [7, 11) is 1.82. The van der Waals surface area contributed by atoms with E-state index in [1.165, 1.54) is 19.3 Å². The van der Waals surface area contributed by atoms with Crippen molar-refractivity contribution >= 4 is 28.5 Å². The number of carbonyl (C=O) groups is 2. The topological polar surface area (TPSA) is 67.2 Å². The standard InChI is InChI=1S/C28H36N4O2/c1-31(23-15-7-3-8-16-23)27(33)21-32-25-18-11-10-17-24(25)30-26(32)19-9-4-12-20-29-28(34)22-13-5-2-6-14-22/h3,7-8,10-11,15-18,22H,2,4-6,9,12-14,19-21H2,1H3,(H,29,34). The maximum atomic E-state index is 13.1. The first-order valence-electron chi connectivity index (χ1n) is 12.7. The number of likely N-dealkylation sites (N-methyl/N-ethyl adjacent to an activating group) is 1. The summed E-state index contributed by atoms with van der Waals surface area (Å²) < 4.78 is 2.06. The van der Waals surface area contributed by atoms with Crippen LogP contribution in [0.5, 0.6) is 0 Å². The molecule has 1 saturated carbocycles. The molecule has 4 rings (SSSR count). The zero-order valence-electron chi connectivity index (χ0n) is 20.2. The third-order valence-electron chi connectivity index (χ3n) is 6.90. The minimum atomic E-state index is 0.0287. The maximum absolute atomic E-state index is 13.1. The Morgan fingerprint density at radius 2 is 1.71 bits per heavy atom. The van der Waals surface area contributed by atoms with E-state index in [0.29, 0.717) is 0 Å². The van der Waals surface area contributed by atoms with Gasteiger partial charge >= 0.3 is 0 Å². The first kappa shape index (κ1) is 24.0. The number of anilines is 1. The number of nitrogens with one attached hydrogen (secondary N) is 1. The molecule has 6 nitrogen and oxygen atoms in total. The van der Waals surface area contributed by atoms with Gasteiger partial charge in [0.1, 0.15) is 12.4 Å². The smallest absolute Gasteiger partial charge is 0.246 e. The molecular weight excluding hydrogens is 424 g/mol. The summed E-state index contributed by atoms with van der Waals surface area (Å²) in [6, 6.07) is 17.7. The number of aryl methyl sites for hydroxylation is 1. The van der Waals surface area contributed by atoms with Gasteiger partial charge in [-0.25, -0.2) is 4.98 Å². The first-order valence-corrected chi connectivity index (χ1v) is 12.7. The molecule has 0 radical (unpaired) electrons. The number of imidazole rings is 1. The molecular formula is C28H36N4O2. The van der Waals surface area contributed by atoms with Crippen LogP contribution in [-0.2, 0) is 22.6 Å². The quantitative estimate of drug-likeness (QED) is 0.428. The molecule has 2 aromatic carbocycles. The van der Waals surface area contributed by atoms with E-state index in [-0.39, 0.29) is 24.3 Å². The monoisotopic (exact) mass is 460 g/mol. The van der Waals surface area contributed by atoms with Gasteiger partial charge in [-0.05, 0) is 49.9 Å². The first-order chi connectivity index (χ1) is 16.6. The predicted molar refractivity (Wildman–Crippen MR) is 137 cm³/mol. The van der Waals surface area contributed by atoms with Crippen molar-refractivity contribution in [1.82, 2.24) is 14.9 Å². The molecule has 0 bridgehead atoms. The van der Waals surface area contributed by atoms with E-state index in [1.54, 1.807) is 4.90 Å². The minimum Gasteiger partial charge on any atom is -0.356 e. The van der Waals surface area contributed by atoms with Crippen molar-refractivity contribution in [2.24, 2.45) is 5.92 Å². The number of hydrogen-bond acceptors (Lipinski definition) is 3. The molecule has 0 saturated heterocycles. The fourth-order valence-electron chi connectivity index (χ4n) is 4.84. The van der Waals surface area contributed by atoms with Gasteiger partial charge in [0, 0.05) is 31.6 Å². The number of benzene rings is 2. The summed E-state index contributed by atoms with van der Waals surface area (Å²) in [6.45, 7) is 1.00. The lowest BCUT2D eigenvalue weighted by atomic mass is 9.89. The number of amides is 2. The van der Waals surface area contributed by atoms with E-state index in [2.05, 4.69) is 9.88 Å². The molecule has 1 aliphatic carbocycles. The van der Waals surface area contributed by atoms with Gasteiger partial charge in [-0.15, -0.1) is 0 Å². The molecule has 6 heteroatoms. The molecule has 3 aromatic rings. The van der Waals surface area contributed by atoms with Crippen LogP contribution in [0.15, 0.2) is 54.6 Å². The Bertz CT molecular complexity index is 1090. The number of fused-ring (bicyclic) bond motifs is 1. The van der Waals surface area contributed by atoms with Crippen LogP contribution in [0.3, 0.4) is 0 Å². The highest BCUT2D eigenvalue weighted by atomic mass is 16.2. The summed E-state index contributed by atoms with van der Waals surface area (Å²) in [6.07, 6.45) is 9.49. The molecule has 2 amide bonds. The van der Waals surface area contributed by atoms with E-state index in [4.69, 9.17) is 4.98 Å². The Morgan fingerprint density at radius 3 is 2.50 bits per heavy atom. The molecule has 0 spiro atoms. The lowest BCUT2D eigenvalue weighted by Gasteiger charge is -2.20. The van der Waals surface area contributed by atoms with E-state index >= 15 is 0 Å². The average molecular weight is 461 g/mol. The van der Waals surface area contributed by atoms with Gasteiger partial charge in [-0.1, -0.05) is 56.0 Å². The van der Waals surface area contributed by atoms with Crippen LogP contribution in [0.2, 0.25) is 0 Å². The van der Waals surface area contributed by atoms with Gasteiger partial charge < -0.3 is 14.8 Å². The van der Waals surface area contributed by atoms with Crippen LogP contribution in [0.4, 0.5) is 5.69 Å². The number of para-hydroxylation sites is 3. The van der Waals surface area contributed by atoms with Crippen LogP contribution in [0.1, 0.15) is 57.2 Å². The van der Waals surface area contributed by atoms with Crippen LogP contribution in [-0.4, -0.2) is 35.0 Å². The second-order valence-electron chi connectivity index (χ2n) is 9.33. The summed E-state index contributed by atoms with van der Waals surface area (Å²) in [5, 5.41) is 3.13. The highest BCUT2D eigenvalue weighted by Crippen LogP contribution is 2.23. The number of carbonyl (C=O) groups excluding carboxylic acids is 2. The van der Waals surface area contributed by atoms with E-state index in [1.807, 2.05) is 61.6 Å². The SMILES string of the molecule is CN(C(=O)Cn1c(CCCCCNC(=O)C2CCCCC2)nc2ccccc21)c1ccccc1. The van der Waals surface area contributed by atoms with Gasteiger partial charge in [-0.2, -0.15) is 0 Å². The maximum Gasteiger partial charge on any atom is 0.246 e. The molecule has 1 N–H and O–H groups in total. The summed E-state index contributed by atoms with van der Waals surface area (Å²) in [5.41, 5.74) is 2.80. The van der Waals surface area contributed by atoms with Gasteiger partial charge in [0.15, 0.2) is 0 Å². The minimum absolute atomic E-state index is 0.0287. The third kappa shape index (κ3) is 6.04. The number of aromatic nitrogens is 2. The van der Waals surface area contributed by atoms with E-state index in [9.17, 15) is 9.59 Å². The van der Waals surface area contributed by atoms with Crippen molar-refractivity contribution in [3.63, 3.8) is 0 Å². The Kier molecular flexibility index (Phi) is 8.34. The lowest BCUT2D eigenvalue weighted by molar-refractivity contribution is -0.126. The predicted octanol–water partition coefficient (Wildman–Crippen LogP) is 5.11. The molecule has 0 atom stereocenters. The summed E-state index contributed by atoms with van der Waals surface area (Å²) in [5.74, 6) is 1.44. The number of unbranched alkanes of at least 4 members (excludes halogenated alkanes) is 2. The van der Waals surface area contributed by atoms with Crippen molar-refractivity contribution < 1.29 is 9.59 Å². The van der Waals surface area contributed by atoms with E-state index < -0.39 is 0 Å². The summed E-state index contributed by atoms with van der Waals surface area (Å²) >= 11 is 0. The largest absolute Gasteiger partial charge is 0.356 e. The van der Waals surface area contributed by atoms with Gasteiger partial charge in [0.25, 0.3) is 0 Å². The zero-order valence-corrected chi connectivity index (χ0v) is 20.2. The normalized spacial score (nSPS) is 14.3. The fourth-order valence-corrected chi connectivity index (χ4v) is 4.84. The van der Waals surface area contributed by atoms with Crippen LogP contribution >= 0.6 is 0 Å². The van der Waals surface area contributed by atoms with Crippen LogP contribution < -0.4 is 10.2 Å². The van der Waals surface area contributed by atoms with Crippen molar-refractivity contribution in [1.29, 1.82) is 0 Å². The average Bonchev–Trinajstić information content (AvgIpc) is 3.23. The summed E-state index contributed by atoms with van der Waals surface area (Å²) in [4.78, 5) is 31.9. The fraction of sp³-hybridized carbons (Fsp3) is 0.464. The van der Waals surface area contributed by atoms with Gasteiger partial charge in [0.2, 0.25) is 11.8 Å². The van der Waals surface area contributed by atoms with Gasteiger partial charge in [-0.3, -0.25) is 9.59 Å². The molecule has 180 valence electrons. The number of rotatable bonds is 10. The van der Waals surface area contributed by atoms with Gasteiger partial charge in [0.05, 0.1) is 11.0 Å². The molecule has 0 aliphatic heterocycles. The second kappa shape index (κ2) is 11.8. The van der Waals surface area contributed by atoms with Crippen molar-refractivity contribution in [2.75, 3.05) is 18.5 Å². The van der Waals surface area contributed by atoms with Crippen molar-refractivity contribution in [3.8, 4) is 0 Å². The zero-order chi connectivity index (χ0) is 23.8. The highest BCUT2D eigenvalue weighted by Gasteiger charge is 2.20. The van der Waals surface area contributed by atoms with Crippen molar-refractivity contribution in [3.05, 3.63) is 60.4 Å². The molecule has 0 unspecified atom stereocenters. The molecule has 1 aliphatic rings. The highest BCUT2D eigenvalue weighted by molar-refractivity contribution is 5.93. The van der Waals surface area contributed by atoms with Crippen LogP contribution in [0, 0.1) is 5.92 Å². The molecule has 34 heavy (non-hydrogen) atoms. The Hall–Kier alpha value is -3.15. The van der Waals surface area contributed by atoms with Crippen molar-refractivity contribution in [2.45, 2.75) is 64.3 Å². The Labute approximate surface area is 202 Å². The number of nitrogens with zero attached hydrogens (tertiary/aromatic N) is 3. The third-order valence-corrected chi connectivity index (χ3v) is 6.90. The number of hydrogen-bond donors (Lipinski definition) is 1. The van der Waals surface area contributed by atoms with Crippen LogP contribution in [0.25, 0.3) is 11.0 Å². The Balaban J connectivity index is 1.31. The molecule has 1 aromatic heterocycles. The lowest BCUT2D eigenvalue weighted by Crippen LogP contribution is -2.32. The molecule has 1 heterocycles. The molecule has 1 fully saturated rings. The van der Waals surface area contributed by atoms with E-state index in [0.717, 1.165) is 67.6 Å².